The normalized spacial score (nSPS) is 19.6. The van der Waals surface area contributed by atoms with E-state index in [9.17, 15) is 8.42 Å². The molecule has 1 aliphatic carbocycles. The molecule has 0 radical (unpaired) electrons. The summed E-state index contributed by atoms with van der Waals surface area (Å²) in [6.07, 6.45) is 2.00. The van der Waals surface area contributed by atoms with Crippen LogP contribution in [-0.2, 0) is 15.4 Å². The van der Waals surface area contributed by atoms with Crippen molar-refractivity contribution in [3.63, 3.8) is 0 Å². The third kappa shape index (κ3) is 2.62. The van der Waals surface area contributed by atoms with Gasteiger partial charge in [0.25, 0.3) is 0 Å². The molecule has 5 nitrogen and oxygen atoms in total. The molecule has 1 saturated carbocycles. The third-order valence-corrected chi connectivity index (χ3v) is 5.36. The Labute approximate surface area is 119 Å². The predicted molar refractivity (Wildman–Crippen MR) is 75.8 cm³/mol. The Balaban J connectivity index is 1.78. The molecule has 1 fully saturated rings. The Morgan fingerprint density at radius 2 is 1.90 bits per heavy atom. The molecule has 6 heteroatoms. The number of nitrogens with one attached hydrogen (secondary N) is 1. The highest BCUT2D eigenvalue weighted by atomic mass is 32.2. The summed E-state index contributed by atoms with van der Waals surface area (Å²) in [5, 5.41) is 0. The third-order valence-electron chi connectivity index (χ3n) is 4.02. The van der Waals surface area contributed by atoms with Crippen LogP contribution < -0.4 is 14.2 Å². The van der Waals surface area contributed by atoms with Crippen LogP contribution in [0.15, 0.2) is 18.2 Å². The second-order valence-electron chi connectivity index (χ2n) is 5.36. The summed E-state index contributed by atoms with van der Waals surface area (Å²) in [7, 11) is -3.14. The number of fused-ring (bicyclic) bond motifs is 1. The maximum Gasteiger partial charge on any atom is 0.211 e. The number of sulfonamides is 1. The first-order chi connectivity index (χ1) is 9.55. The predicted octanol–water partition coefficient (Wildman–Crippen LogP) is 1.43. The number of hydrogen-bond donors (Lipinski definition) is 1. The average Bonchev–Trinajstić information content (AvgIpc) is 3.26. The average molecular weight is 297 g/mol. The van der Waals surface area contributed by atoms with E-state index in [-0.39, 0.29) is 11.2 Å². The molecule has 3 rings (SSSR count). The van der Waals surface area contributed by atoms with Crippen LogP contribution in [0.25, 0.3) is 0 Å². The number of rotatable bonds is 5. The van der Waals surface area contributed by atoms with Gasteiger partial charge in [-0.25, -0.2) is 13.1 Å². The van der Waals surface area contributed by atoms with Gasteiger partial charge in [-0.15, -0.1) is 0 Å². The van der Waals surface area contributed by atoms with Crippen LogP contribution >= 0.6 is 0 Å². The summed E-state index contributed by atoms with van der Waals surface area (Å²) in [6.45, 7) is 3.24. The molecular formula is C14H19NO4S. The van der Waals surface area contributed by atoms with Crippen molar-refractivity contribution < 1.29 is 17.9 Å². The van der Waals surface area contributed by atoms with Crippen LogP contribution in [0.2, 0.25) is 0 Å². The molecule has 1 heterocycles. The standard InChI is InChI=1S/C14H19NO4S/c1-2-20(16,17)15-10-14(5-6-14)11-3-4-12-13(9-11)19-8-7-18-12/h3-4,9,15H,2,5-8,10H2,1H3. The van der Waals surface area contributed by atoms with E-state index in [1.807, 2.05) is 18.2 Å². The Morgan fingerprint density at radius 3 is 2.55 bits per heavy atom. The maximum atomic E-state index is 11.6. The highest BCUT2D eigenvalue weighted by Gasteiger charge is 2.45. The van der Waals surface area contributed by atoms with Crippen molar-refractivity contribution in [3.8, 4) is 11.5 Å². The lowest BCUT2D eigenvalue weighted by atomic mass is 9.96. The summed E-state index contributed by atoms with van der Waals surface area (Å²) in [5.41, 5.74) is 1.05. The van der Waals surface area contributed by atoms with E-state index in [0.29, 0.717) is 19.8 Å². The van der Waals surface area contributed by atoms with Crippen LogP contribution in [0.1, 0.15) is 25.3 Å². The van der Waals surface area contributed by atoms with Crippen molar-refractivity contribution in [2.24, 2.45) is 0 Å². The monoisotopic (exact) mass is 297 g/mol. The van der Waals surface area contributed by atoms with E-state index in [2.05, 4.69) is 4.72 Å². The summed E-state index contributed by atoms with van der Waals surface area (Å²) in [5.74, 6) is 1.65. The van der Waals surface area contributed by atoms with Gasteiger partial charge in [-0.05, 0) is 37.5 Å². The van der Waals surface area contributed by atoms with Crippen molar-refractivity contribution in [1.82, 2.24) is 4.72 Å². The summed E-state index contributed by atoms with van der Waals surface area (Å²) in [4.78, 5) is 0. The van der Waals surface area contributed by atoms with Crippen LogP contribution in [-0.4, -0.2) is 33.9 Å². The molecule has 0 atom stereocenters. The van der Waals surface area contributed by atoms with Gasteiger partial charge in [0.1, 0.15) is 13.2 Å². The van der Waals surface area contributed by atoms with E-state index >= 15 is 0 Å². The first-order valence-corrected chi connectivity index (χ1v) is 8.57. The van der Waals surface area contributed by atoms with Gasteiger partial charge in [-0.1, -0.05) is 6.07 Å². The van der Waals surface area contributed by atoms with Crippen molar-refractivity contribution in [2.45, 2.75) is 25.2 Å². The minimum atomic E-state index is -3.14. The van der Waals surface area contributed by atoms with Crippen LogP contribution in [0.3, 0.4) is 0 Å². The van der Waals surface area contributed by atoms with E-state index in [0.717, 1.165) is 29.9 Å². The second kappa shape index (κ2) is 4.93. The number of ether oxygens (including phenoxy) is 2. The van der Waals surface area contributed by atoms with Gasteiger partial charge in [-0.3, -0.25) is 0 Å². The Kier molecular flexibility index (Phi) is 3.38. The van der Waals surface area contributed by atoms with Gasteiger partial charge < -0.3 is 9.47 Å². The van der Waals surface area contributed by atoms with Gasteiger partial charge in [0.2, 0.25) is 10.0 Å². The fourth-order valence-electron chi connectivity index (χ4n) is 2.44. The lowest BCUT2D eigenvalue weighted by Gasteiger charge is -2.22. The van der Waals surface area contributed by atoms with E-state index < -0.39 is 10.0 Å². The SMILES string of the molecule is CCS(=O)(=O)NCC1(c2ccc3c(c2)OCCO3)CC1. The Morgan fingerprint density at radius 1 is 1.20 bits per heavy atom. The zero-order valence-corrected chi connectivity index (χ0v) is 12.3. The molecule has 0 bridgehead atoms. The minimum absolute atomic E-state index is 0.0714. The van der Waals surface area contributed by atoms with Gasteiger partial charge >= 0.3 is 0 Å². The molecule has 1 aliphatic heterocycles. The van der Waals surface area contributed by atoms with Crippen LogP contribution in [0.5, 0.6) is 11.5 Å². The molecule has 0 amide bonds. The number of hydrogen-bond acceptors (Lipinski definition) is 4. The topological polar surface area (TPSA) is 64.6 Å². The molecule has 0 spiro atoms. The van der Waals surface area contributed by atoms with Crippen molar-refractivity contribution in [1.29, 1.82) is 0 Å². The lowest BCUT2D eigenvalue weighted by Crippen LogP contribution is -2.33. The van der Waals surface area contributed by atoms with Crippen LogP contribution in [0.4, 0.5) is 0 Å². The molecule has 1 aromatic rings. The molecule has 1 N–H and O–H groups in total. The molecule has 2 aliphatic rings. The van der Waals surface area contributed by atoms with Gasteiger partial charge in [0, 0.05) is 12.0 Å². The van der Waals surface area contributed by atoms with Gasteiger partial charge in [0.15, 0.2) is 11.5 Å². The molecule has 0 saturated heterocycles. The molecule has 0 unspecified atom stereocenters. The van der Waals surface area contributed by atoms with Crippen molar-refractivity contribution >= 4 is 10.0 Å². The Bertz CT molecular complexity index is 608. The Hall–Kier alpha value is -1.27. The summed E-state index contributed by atoms with van der Waals surface area (Å²) < 4.78 is 37.0. The fraction of sp³-hybridized carbons (Fsp3) is 0.571. The maximum absolute atomic E-state index is 11.6. The zero-order valence-electron chi connectivity index (χ0n) is 11.5. The summed E-state index contributed by atoms with van der Waals surface area (Å²) >= 11 is 0. The van der Waals surface area contributed by atoms with Crippen molar-refractivity contribution in [3.05, 3.63) is 23.8 Å². The molecule has 20 heavy (non-hydrogen) atoms. The molecule has 0 aromatic heterocycles. The van der Waals surface area contributed by atoms with E-state index in [1.54, 1.807) is 6.92 Å². The smallest absolute Gasteiger partial charge is 0.211 e. The first-order valence-electron chi connectivity index (χ1n) is 6.92. The van der Waals surface area contributed by atoms with E-state index in [4.69, 9.17) is 9.47 Å². The first kappa shape index (κ1) is 13.7. The molecule has 1 aromatic carbocycles. The van der Waals surface area contributed by atoms with Crippen LogP contribution in [0, 0.1) is 0 Å². The minimum Gasteiger partial charge on any atom is -0.486 e. The highest BCUT2D eigenvalue weighted by molar-refractivity contribution is 7.89. The number of benzene rings is 1. The quantitative estimate of drug-likeness (QED) is 0.893. The van der Waals surface area contributed by atoms with E-state index in [1.165, 1.54) is 0 Å². The zero-order chi connectivity index (χ0) is 14.2. The molecule has 110 valence electrons. The highest BCUT2D eigenvalue weighted by Crippen LogP contribution is 2.49. The lowest BCUT2D eigenvalue weighted by molar-refractivity contribution is 0.171. The largest absolute Gasteiger partial charge is 0.486 e. The fourth-order valence-corrected chi connectivity index (χ4v) is 3.14. The van der Waals surface area contributed by atoms with Gasteiger partial charge in [-0.2, -0.15) is 0 Å². The summed E-state index contributed by atoms with van der Waals surface area (Å²) in [6, 6.07) is 5.92. The molecular weight excluding hydrogens is 278 g/mol. The van der Waals surface area contributed by atoms with Gasteiger partial charge in [0.05, 0.1) is 5.75 Å². The second-order valence-corrected chi connectivity index (χ2v) is 7.46. The van der Waals surface area contributed by atoms with Crippen molar-refractivity contribution in [2.75, 3.05) is 25.5 Å².